The van der Waals surface area contributed by atoms with Crippen molar-refractivity contribution >= 4 is 138 Å². The lowest BCUT2D eigenvalue weighted by atomic mass is 9.74. The Morgan fingerprint density at radius 3 is 1.06 bits per heavy atom. The van der Waals surface area contributed by atoms with Crippen LogP contribution in [0.5, 0.6) is 0 Å². The van der Waals surface area contributed by atoms with Crippen LogP contribution in [0.15, 0.2) is 82.3 Å². The van der Waals surface area contributed by atoms with Crippen molar-refractivity contribution < 1.29 is 121 Å². The number of nitro benzene ring substituents is 2. The van der Waals surface area contributed by atoms with Crippen LogP contribution < -0.4 is 27.0 Å². The van der Waals surface area contributed by atoms with E-state index in [1.165, 1.54) is 158 Å². The number of fused-ring (bicyclic) bond motifs is 3. The van der Waals surface area contributed by atoms with Crippen molar-refractivity contribution in [3.05, 3.63) is 114 Å². The van der Waals surface area contributed by atoms with Gasteiger partial charge in [-0.3, -0.25) is 78.1 Å². The molecule has 10 N–H and O–H groups in total. The third kappa shape index (κ3) is 36.2. The molecule has 10 heterocycles. The number of aliphatic carboxylic acids is 2. The minimum Gasteiger partial charge on any atom is -0.481 e. The first-order valence-corrected chi connectivity index (χ1v) is 51.2. The molecule has 790 valence electrons. The van der Waals surface area contributed by atoms with Crippen LogP contribution in [-0.2, 0) is 81.3 Å². The van der Waals surface area contributed by atoms with Gasteiger partial charge in [-0.15, -0.1) is 9.24 Å². The lowest BCUT2D eigenvalue weighted by molar-refractivity contribution is -0.385. The van der Waals surface area contributed by atoms with Crippen LogP contribution >= 0.6 is 31.8 Å². The summed E-state index contributed by atoms with van der Waals surface area (Å²) in [6.07, 6.45) is 14.0. The number of likely N-dealkylation sites (tertiary alicyclic amines) is 3. The highest BCUT2D eigenvalue weighted by atomic mass is 127. The summed E-state index contributed by atoms with van der Waals surface area (Å²) < 4.78 is 15.4. The van der Waals surface area contributed by atoms with Crippen molar-refractivity contribution in [2.45, 2.75) is 269 Å². The number of esters is 6. The average molecular weight is 2130 g/mol. The maximum Gasteiger partial charge on any atom is 0.362 e. The Morgan fingerprint density at radius 2 is 0.803 bits per heavy atom. The second-order valence-corrected chi connectivity index (χ2v) is 41.1. The van der Waals surface area contributed by atoms with Crippen molar-refractivity contribution in [3.63, 3.8) is 0 Å². The number of hydrogen-bond donors (Lipinski definition) is 9. The molecule has 2 aromatic carbocycles. The fourth-order valence-corrected chi connectivity index (χ4v) is 20.2. The summed E-state index contributed by atoms with van der Waals surface area (Å²) in [5.41, 5.74) is 7.34. The molecule has 0 spiro atoms. The molecule has 6 amide bonds. The first-order chi connectivity index (χ1) is 66.8. The number of ketones is 2. The molecule has 1 unspecified atom stereocenters. The normalized spacial score (nSPS) is 24.3. The van der Waals surface area contributed by atoms with E-state index in [1.807, 2.05) is 34.6 Å². The number of benzene rings is 2. The molecule has 2 saturated carbocycles. The Kier molecular flexibility index (Phi) is 51.1. The van der Waals surface area contributed by atoms with Gasteiger partial charge in [0.05, 0.1) is 69.1 Å². The Labute approximate surface area is 847 Å². The number of β-lactam (4-membered cyclic amide) rings is 3. The van der Waals surface area contributed by atoms with E-state index in [0.29, 0.717) is 74.9 Å². The van der Waals surface area contributed by atoms with E-state index < -0.39 is 93.6 Å². The van der Waals surface area contributed by atoms with Crippen molar-refractivity contribution in [3.8, 4) is 0 Å². The number of aliphatic hydroxyl groups is 2. The molecule has 2 aliphatic carbocycles. The molecule has 12 aliphatic rings. The first-order valence-electron chi connectivity index (χ1n) is 48.9. The Bertz CT molecular complexity index is 4610. The number of rotatable bonds is 26. The molecule has 142 heavy (non-hydrogen) atoms. The number of ether oxygens (including phenoxy) is 3. The number of carbonyl (C=O) groups is 16. The second kappa shape index (κ2) is 59.3. The number of nitrogens with two attached hydrogens (primary N) is 1. The lowest BCUT2D eigenvalue weighted by Gasteiger charge is -2.47. The van der Waals surface area contributed by atoms with E-state index in [-0.39, 0.29) is 129 Å². The van der Waals surface area contributed by atoms with Crippen molar-refractivity contribution in [2.24, 2.45) is 59.0 Å². The number of aliphatic hydroxyl groups excluding tert-OH is 2. The zero-order valence-corrected chi connectivity index (χ0v) is 88.6. The van der Waals surface area contributed by atoms with Gasteiger partial charge in [0.2, 0.25) is 35.4 Å². The maximum absolute atomic E-state index is 13.3. The van der Waals surface area contributed by atoms with Gasteiger partial charge in [-0.25, -0.2) is 24.0 Å². The molecular formula is C99H150IN14O27P. The van der Waals surface area contributed by atoms with Gasteiger partial charge >= 0.3 is 41.8 Å². The van der Waals surface area contributed by atoms with Gasteiger partial charge in [-0.05, 0) is 158 Å². The van der Waals surface area contributed by atoms with E-state index in [1.54, 1.807) is 20.8 Å². The third-order valence-corrected chi connectivity index (χ3v) is 26.8. The second-order valence-electron chi connectivity index (χ2n) is 38.2. The van der Waals surface area contributed by atoms with E-state index in [2.05, 4.69) is 98.2 Å². The molecule has 9 fully saturated rings. The van der Waals surface area contributed by atoms with Gasteiger partial charge in [-0.2, -0.15) is 0 Å². The number of halogens is 1. The van der Waals surface area contributed by atoms with E-state index in [9.17, 15) is 107 Å². The monoisotopic (exact) mass is 2120 g/mol. The smallest absolute Gasteiger partial charge is 0.362 e. The minimum atomic E-state index is -1.10. The summed E-state index contributed by atoms with van der Waals surface area (Å²) in [6, 6.07) is 9.11. The number of nitrogens with one attached hydrogen (secondary N) is 4. The van der Waals surface area contributed by atoms with E-state index >= 15 is 0 Å². The molecule has 0 bridgehead atoms. The summed E-state index contributed by atoms with van der Waals surface area (Å²) in [5, 5.41) is 70.7. The van der Waals surface area contributed by atoms with Crippen molar-refractivity contribution in [1.29, 1.82) is 0 Å². The number of nitro groups is 2. The fraction of sp³-hybridized carbons (Fsp3) is 0.657. The zero-order chi connectivity index (χ0) is 107. The molecule has 0 radical (unpaired) electrons. The van der Waals surface area contributed by atoms with Crippen LogP contribution in [-0.4, -0.2) is 310 Å². The van der Waals surface area contributed by atoms with E-state index in [0.717, 1.165) is 111 Å². The maximum atomic E-state index is 13.3. The summed E-state index contributed by atoms with van der Waals surface area (Å²) >= 11 is 2.25. The number of Topliss-reactive ketones (excluding diaryl/α,β-unsaturated/α-hetero) is 2. The number of non-ortho nitro benzene ring substituents is 2. The number of carboxylic acids is 2. The van der Waals surface area contributed by atoms with Crippen LogP contribution in [0.3, 0.4) is 0 Å². The molecule has 7 saturated heterocycles. The van der Waals surface area contributed by atoms with Crippen LogP contribution in [0, 0.1) is 73.5 Å². The molecule has 14 rings (SSSR count). The van der Waals surface area contributed by atoms with Crippen molar-refractivity contribution in [1.82, 2.24) is 55.6 Å². The topological polar surface area (TPSA) is 565 Å². The largest absolute Gasteiger partial charge is 0.481 e. The number of carboxylic acid groups (broad SMARTS) is 2. The van der Waals surface area contributed by atoms with E-state index in [4.69, 9.17) is 25.1 Å². The van der Waals surface area contributed by atoms with Crippen LogP contribution in [0.1, 0.15) is 235 Å². The Morgan fingerprint density at radius 1 is 0.493 bits per heavy atom. The molecule has 41 nitrogen and oxygen atoms in total. The number of alkyl halides is 1. The Balaban J connectivity index is 0.000000309. The molecule has 43 heteroatoms. The number of nitrogens with zero attached hydrogens (tertiary/aromatic N) is 9. The number of carbonyl (C=O) groups excluding carboxylic acids is 14. The SMILES string of the molecule is CC(=O)CC1CCCC1.CC(=O)C[C@H]1CCNC1.CC(=O)N[C@H]1CCN(CC2=C(C(=O)O)N3C(=O)[C@H]([C@@H](C)O)[C@H]3[C@H]2C)C1.CC(=O)N[C@H]1CCN(CC2=C(C(=O)OC(=O)c3ccc([N+](=O)[O-])cc3)N3C(=O)[C@H](C(C)C)[C@H]3[C@H]2C)C1.CC(=O)N[C@H]1CCN(CC2=C(C(=O)OC(=O)c3ccc([N+](=O)[O-])cc3)N3C(=O)[C@H]([C@@H](C)O)[C@H]3[C@H]2C)C1.CC(=O)O.CC(=O)OC(C)=O.CCN(CC)CC.NC1CCCC1.PCI. The number of hydrogen-bond acceptors (Lipinski definition) is 31. The predicted molar refractivity (Wildman–Crippen MR) is 538 cm³/mol. The van der Waals surface area contributed by atoms with Crippen molar-refractivity contribution in [2.75, 3.05) is 95.8 Å². The fourth-order valence-electron chi connectivity index (χ4n) is 20.2. The summed E-state index contributed by atoms with van der Waals surface area (Å²) in [4.78, 5) is 219. The zero-order valence-electron chi connectivity index (χ0n) is 85.3. The van der Waals surface area contributed by atoms with Gasteiger partial charge < -0.3 is 90.8 Å². The van der Waals surface area contributed by atoms with Gasteiger partial charge in [0.15, 0.2) is 0 Å². The molecule has 0 aromatic heterocycles. The number of amides is 6. The highest BCUT2D eigenvalue weighted by Crippen LogP contribution is 2.51. The molecular weight excluding hydrogens is 1980 g/mol. The predicted octanol–water partition coefficient (Wildman–Crippen LogP) is 8.28. The molecule has 10 aliphatic heterocycles. The quantitative estimate of drug-likeness (QED) is 0.00492. The van der Waals surface area contributed by atoms with Gasteiger partial charge in [-0.1, -0.05) is 117 Å². The van der Waals surface area contributed by atoms with Crippen LogP contribution in [0.25, 0.3) is 0 Å². The van der Waals surface area contributed by atoms with Crippen LogP contribution in [0.4, 0.5) is 11.4 Å². The Hall–Kier alpha value is -10.2. The van der Waals surface area contributed by atoms with Gasteiger partial charge in [0, 0.05) is 184 Å². The average Bonchev–Trinajstić information content (AvgIpc) is 1.56. The summed E-state index contributed by atoms with van der Waals surface area (Å²) in [5.74, 6) is -7.83. The lowest BCUT2D eigenvalue weighted by Crippen LogP contribution is -2.63. The van der Waals surface area contributed by atoms with Gasteiger partial charge in [0.1, 0.15) is 28.7 Å². The summed E-state index contributed by atoms with van der Waals surface area (Å²) in [7, 11) is 2.57. The highest BCUT2D eigenvalue weighted by molar-refractivity contribution is 14.1. The summed E-state index contributed by atoms with van der Waals surface area (Å²) in [6.45, 7) is 41.5. The third-order valence-electron chi connectivity index (χ3n) is 26.8. The minimum absolute atomic E-state index is 0.00682. The molecule has 16 atom stereocenters. The van der Waals surface area contributed by atoms with Crippen LogP contribution in [0.2, 0.25) is 0 Å². The van der Waals surface area contributed by atoms with Gasteiger partial charge in [0.25, 0.3) is 17.3 Å². The molecule has 2 aromatic rings. The standard InChI is InChI=1S/C25H30N4O7.C24H28N4O8.C17H25N3O5.C8H14O.C7H13NO.C6H15N.C5H11N.C4H6O3.C2H4O2.CH4IP/c1-13(2)20-21-14(3)19(12-27-10-9-17(11-27)26-15(4)30)22(28(21)23(20)31)25(33)36-24(32)16-5-7-18(8-6-16)29(34)35;1-12-18(11-26-9-8-16(10-26)25-14(3)30)21(27-20(12)19(13(2)29)22(27)31)24(33)36-23(32)15-4-6-17(7-5-15)28(34)35;1-8-12(7-19-5-4-11(6-19)18-10(3)22)15(17(24)25)20-14(8)13(9(2)21)16(20)23;1-7(9)6-8-4-2-3-5-8;1-6(9)4-7-2-3-8-5-7;1-4-7(5-2)6-3;6-5-3-1-2-4-5;1-3(5)7-4(2)6;1-2(3)4;2-1-3/h5-8,13-14,17,20-21H,9-12H2,1-4H3,(H,26,30);4-7,12-13,16,19-20,29H,8-11H2,1-3H3,(H,25,30);8-9,11,13-14,21H,4-7H2,1-3H3,(H,18,22)(H,24,25);8H,2-6H2,1H3;7-8H,2-5H2,1H3;4-6H2,1-3H3;5H,1-4,6H2;1-2H3;1H3,(H,3,4);1,3H2/t14-,17-,20+,21+;12-,13+,16-,19+,20+;8-,9+,11-,13+,14+;;7-;;;;;/m000.1...../s1. The first kappa shape index (κ1) is 122. The highest BCUT2D eigenvalue weighted by Gasteiger charge is 2.63.